The monoisotopic (exact) mass is 413 g/mol. The van der Waals surface area contributed by atoms with Gasteiger partial charge >= 0.3 is 0 Å². The molecule has 8 heteroatoms. The molecule has 30 heavy (non-hydrogen) atoms. The lowest BCUT2D eigenvalue weighted by Crippen LogP contribution is -2.50. The lowest BCUT2D eigenvalue weighted by molar-refractivity contribution is -0.133. The molecule has 2 aliphatic heterocycles. The van der Waals surface area contributed by atoms with Crippen molar-refractivity contribution in [2.24, 2.45) is 0 Å². The molecule has 0 aliphatic carbocycles. The number of nitrogens with zero attached hydrogens (tertiary/aromatic N) is 5. The van der Waals surface area contributed by atoms with Crippen LogP contribution in [0.15, 0.2) is 36.4 Å². The third-order valence-electron chi connectivity index (χ3n) is 5.70. The van der Waals surface area contributed by atoms with Crippen LogP contribution in [-0.2, 0) is 4.79 Å². The van der Waals surface area contributed by atoms with Gasteiger partial charge in [-0.1, -0.05) is 12.8 Å². The molecule has 160 valence electrons. The van der Waals surface area contributed by atoms with Gasteiger partial charge in [-0.25, -0.2) is 4.39 Å². The highest BCUT2D eigenvalue weighted by molar-refractivity contribution is 5.78. The normalized spacial score (nSPS) is 17.6. The number of aromatic nitrogens is 2. The summed E-state index contributed by atoms with van der Waals surface area (Å²) in [5, 5.41) is 8.89. The summed E-state index contributed by atoms with van der Waals surface area (Å²) in [7, 11) is 0. The highest BCUT2D eigenvalue weighted by Crippen LogP contribution is 2.20. The number of hydrogen-bond donors (Lipinski definition) is 0. The molecule has 0 N–H and O–H groups in total. The first kappa shape index (κ1) is 20.4. The van der Waals surface area contributed by atoms with E-state index in [0.717, 1.165) is 24.7 Å². The number of hydrogen-bond acceptors (Lipinski definition) is 6. The molecule has 2 fully saturated rings. The first-order valence-electron chi connectivity index (χ1n) is 10.7. The third-order valence-corrected chi connectivity index (χ3v) is 5.70. The molecule has 2 aromatic rings. The number of ether oxygens (including phenoxy) is 1. The van der Waals surface area contributed by atoms with Gasteiger partial charge in [-0.05, 0) is 49.2 Å². The molecule has 2 saturated heterocycles. The van der Waals surface area contributed by atoms with Crippen molar-refractivity contribution in [3.8, 4) is 5.75 Å². The van der Waals surface area contributed by atoms with Crippen LogP contribution < -0.4 is 14.5 Å². The molecule has 1 amide bonds. The van der Waals surface area contributed by atoms with Crippen LogP contribution in [0, 0.1) is 5.82 Å². The lowest BCUT2D eigenvalue weighted by atomic mass is 10.2. The Balaban J connectivity index is 1.25. The Morgan fingerprint density at radius 2 is 1.37 bits per heavy atom. The summed E-state index contributed by atoms with van der Waals surface area (Å²) in [6, 6.07) is 9.77. The second-order valence-electron chi connectivity index (χ2n) is 7.76. The highest BCUT2D eigenvalue weighted by Gasteiger charge is 2.23. The van der Waals surface area contributed by atoms with E-state index in [9.17, 15) is 9.18 Å². The minimum atomic E-state index is -0.327. The van der Waals surface area contributed by atoms with E-state index in [2.05, 4.69) is 26.1 Å². The molecule has 0 radical (unpaired) electrons. The number of carbonyl (C=O) groups is 1. The van der Waals surface area contributed by atoms with Gasteiger partial charge in [-0.2, -0.15) is 0 Å². The van der Waals surface area contributed by atoms with Crippen molar-refractivity contribution in [1.29, 1.82) is 0 Å². The molecule has 2 aliphatic rings. The molecule has 0 atom stereocenters. The first-order valence-corrected chi connectivity index (χ1v) is 10.7. The minimum absolute atomic E-state index is 0.0457. The molecular weight excluding hydrogens is 385 g/mol. The standard InChI is InChI=1S/C22H28FN5O2/c23-18-5-7-19(8-6-18)30-17-22(29)28-15-13-27(14-16-28)21-10-9-20(24-25-21)26-11-3-1-2-4-12-26/h5-10H,1-4,11-17H2. The Bertz CT molecular complexity index is 814. The van der Waals surface area contributed by atoms with Gasteiger partial charge in [-0.3, -0.25) is 4.79 Å². The second-order valence-corrected chi connectivity index (χ2v) is 7.76. The Morgan fingerprint density at radius 1 is 0.800 bits per heavy atom. The number of halogens is 1. The van der Waals surface area contributed by atoms with E-state index in [4.69, 9.17) is 4.74 Å². The maximum atomic E-state index is 12.9. The number of amides is 1. The van der Waals surface area contributed by atoms with Crippen molar-refractivity contribution < 1.29 is 13.9 Å². The van der Waals surface area contributed by atoms with Crippen LogP contribution in [0.5, 0.6) is 5.75 Å². The highest BCUT2D eigenvalue weighted by atomic mass is 19.1. The summed E-state index contributed by atoms with van der Waals surface area (Å²) in [6.07, 6.45) is 5.01. The van der Waals surface area contributed by atoms with Crippen LogP contribution in [0.3, 0.4) is 0 Å². The molecule has 0 saturated carbocycles. The van der Waals surface area contributed by atoms with E-state index in [-0.39, 0.29) is 18.3 Å². The Morgan fingerprint density at radius 3 is 1.93 bits per heavy atom. The fraction of sp³-hybridized carbons (Fsp3) is 0.500. The molecular formula is C22H28FN5O2. The maximum absolute atomic E-state index is 12.9. The van der Waals surface area contributed by atoms with Gasteiger partial charge in [0.05, 0.1) is 0 Å². The molecule has 1 aromatic heterocycles. The minimum Gasteiger partial charge on any atom is -0.484 e. The summed E-state index contributed by atoms with van der Waals surface area (Å²) in [5.74, 6) is 1.90. The zero-order valence-corrected chi connectivity index (χ0v) is 17.2. The number of rotatable bonds is 5. The van der Waals surface area contributed by atoms with Crippen molar-refractivity contribution >= 4 is 17.5 Å². The van der Waals surface area contributed by atoms with Gasteiger partial charge in [0.15, 0.2) is 18.2 Å². The molecule has 1 aromatic carbocycles. The number of piperazine rings is 1. The van der Waals surface area contributed by atoms with Gasteiger partial charge in [0.2, 0.25) is 0 Å². The molecule has 0 spiro atoms. The summed E-state index contributed by atoms with van der Waals surface area (Å²) in [5.41, 5.74) is 0. The molecule has 0 unspecified atom stereocenters. The SMILES string of the molecule is O=C(COc1ccc(F)cc1)N1CCN(c2ccc(N3CCCCCC3)nn2)CC1. The van der Waals surface area contributed by atoms with E-state index in [1.54, 1.807) is 4.90 Å². The van der Waals surface area contributed by atoms with Gasteiger partial charge in [0.1, 0.15) is 11.6 Å². The van der Waals surface area contributed by atoms with Crippen molar-refractivity contribution in [2.75, 3.05) is 55.7 Å². The van der Waals surface area contributed by atoms with E-state index in [0.29, 0.717) is 31.9 Å². The van der Waals surface area contributed by atoms with E-state index in [1.165, 1.54) is 49.9 Å². The molecule has 7 nitrogen and oxygen atoms in total. The van der Waals surface area contributed by atoms with Crippen molar-refractivity contribution in [3.63, 3.8) is 0 Å². The van der Waals surface area contributed by atoms with Gasteiger partial charge in [0.25, 0.3) is 5.91 Å². The largest absolute Gasteiger partial charge is 0.484 e. The van der Waals surface area contributed by atoms with Crippen LogP contribution in [0.2, 0.25) is 0 Å². The summed E-state index contributed by atoms with van der Waals surface area (Å²) in [4.78, 5) is 18.7. The quantitative estimate of drug-likeness (QED) is 0.751. The second kappa shape index (κ2) is 9.73. The number of carbonyl (C=O) groups excluding carboxylic acids is 1. The first-order chi connectivity index (χ1) is 14.7. The fourth-order valence-corrected chi connectivity index (χ4v) is 3.91. The van der Waals surface area contributed by atoms with Crippen molar-refractivity contribution in [2.45, 2.75) is 25.7 Å². The summed E-state index contributed by atoms with van der Waals surface area (Å²) >= 11 is 0. The Kier molecular flexibility index (Phi) is 6.61. The smallest absolute Gasteiger partial charge is 0.260 e. The maximum Gasteiger partial charge on any atom is 0.260 e. The van der Waals surface area contributed by atoms with Crippen LogP contribution in [0.1, 0.15) is 25.7 Å². The molecule has 4 rings (SSSR count). The lowest BCUT2D eigenvalue weighted by Gasteiger charge is -2.35. The fourth-order valence-electron chi connectivity index (χ4n) is 3.91. The van der Waals surface area contributed by atoms with Gasteiger partial charge in [-0.15, -0.1) is 10.2 Å². The molecule has 0 bridgehead atoms. The van der Waals surface area contributed by atoms with Crippen LogP contribution >= 0.6 is 0 Å². The average molecular weight is 413 g/mol. The third kappa shape index (κ3) is 5.17. The van der Waals surface area contributed by atoms with Crippen LogP contribution in [-0.4, -0.2) is 66.9 Å². The zero-order chi connectivity index (χ0) is 20.8. The average Bonchev–Trinajstić information content (AvgIpc) is 3.08. The predicted molar refractivity (Wildman–Crippen MR) is 113 cm³/mol. The Hall–Kier alpha value is -2.90. The summed E-state index contributed by atoms with van der Waals surface area (Å²) < 4.78 is 18.4. The van der Waals surface area contributed by atoms with Crippen molar-refractivity contribution in [3.05, 3.63) is 42.2 Å². The van der Waals surface area contributed by atoms with Gasteiger partial charge < -0.3 is 19.4 Å². The Labute approximate surface area is 176 Å². The van der Waals surface area contributed by atoms with Crippen LogP contribution in [0.4, 0.5) is 16.0 Å². The van der Waals surface area contributed by atoms with Crippen LogP contribution in [0.25, 0.3) is 0 Å². The van der Waals surface area contributed by atoms with E-state index < -0.39 is 0 Å². The predicted octanol–water partition coefficient (Wildman–Crippen LogP) is 2.72. The topological polar surface area (TPSA) is 61.8 Å². The van der Waals surface area contributed by atoms with E-state index >= 15 is 0 Å². The molecule has 3 heterocycles. The van der Waals surface area contributed by atoms with Crippen molar-refractivity contribution in [1.82, 2.24) is 15.1 Å². The summed E-state index contributed by atoms with van der Waals surface area (Å²) in [6.45, 7) is 4.70. The van der Waals surface area contributed by atoms with Gasteiger partial charge in [0, 0.05) is 39.3 Å². The zero-order valence-electron chi connectivity index (χ0n) is 17.2. The number of anilines is 2. The number of benzene rings is 1. The van der Waals surface area contributed by atoms with E-state index in [1.807, 2.05) is 6.07 Å².